The van der Waals surface area contributed by atoms with Gasteiger partial charge in [-0.25, -0.2) is 17.9 Å². The van der Waals surface area contributed by atoms with E-state index in [1.165, 1.54) is 0 Å². The molecule has 0 bridgehead atoms. The van der Waals surface area contributed by atoms with Crippen LogP contribution in [0, 0.1) is 12.8 Å². The van der Waals surface area contributed by atoms with Gasteiger partial charge in [0.15, 0.2) is 0 Å². The lowest BCUT2D eigenvalue weighted by molar-refractivity contribution is 0.0698. The third-order valence-electron chi connectivity index (χ3n) is 3.96. The van der Waals surface area contributed by atoms with Gasteiger partial charge >= 0.3 is 5.97 Å². The van der Waals surface area contributed by atoms with E-state index in [4.69, 9.17) is 5.11 Å². The van der Waals surface area contributed by atoms with Crippen LogP contribution in [0.5, 0.6) is 0 Å². The lowest BCUT2D eigenvalue weighted by Gasteiger charge is -2.17. The molecule has 2 unspecified atom stereocenters. The van der Waals surface area contributed by atoms with Gasteiger partial charge in [0.25, 0.3) is 0 Å². The molecule has 1 aromatic rings. The number of nitrogens with one attached hydrogen (secondary N) is 1. The van der Waals surface area contributed by atoms with Crippen molar-refractivity contribution >= 4 is 27.3 Å². The molecule has 0 aliphatic heterocycles. The minimum Gasteiger partial charge on any atom is -0.477 e. The second-order valence-electron chi connectivity index (χ2n) is 5.81. The van der Waals surface area contributed by atoms with E-state index in [0.717, 1.165) is 43.4 Å². The first-order valence-electron chi connectivity index (χ1n) is 7.15. The minimum atomic E-state index is -3.78. The van der Waals surface area contributed by atoms with Crippen molar-refractivity contribution in [2.75, 3.05) is 0 Å². The van der Waals surface area contributed by atoms with Gasteiger partial charge < -0.3 is 5.11 Å². The molecule has 2 rings (SSSR count). The quantitative estimate of drug-likeness (QED) is 0.831. The molecule has 7 heteroatoms. The largest absolute Gasteiger partial charge is 0.477 e. The van der Waals surface area contributed by atoms with Crippen LogP contribution < -0.4 is 4.72 Å². The predicted octanol–water partition coefficient (Wildman–Crippen LogP) is 3.00. The number of aromatic carboxylic acids is 1. The Kier molecular flexibility index (Phi) is 5.06. The summed E-state index contributed by atoms with van der Waals surface area (Å²) in [5.74, 6) is -0.570. The number of aryl methyl sites for hydroxylation is 1. The van der Waals surface area contributed by atoms with Crippen LogP contribution >= 0.6 is 11.3 Å². The van der Waals surface area contributed by atoms with E-state index >= 15 is 0 Å². The van der Waals surface area contributed by atoms with E-state index in [0.29, 0.717) is 11.5 Å². The molecule has 1 aromatic heterocycles. The highest BCUT2D eigenvalue weighted by atomic mass is 32.2. The van der Waals surface area contributed by atoms with E-state index in [1.807, 2.05) is 0 Å². The van der Waals surface area contributed by atoms with Gasteiger partial charge in [-0.1, -0.05) is 19.8 Å². The summed E-state index contributed by atoms with van der Waals surface area (Å²) < 4.78 is 27.8. The highest BCUT2D eigenvalue weighted by Gasteiger charge is 2.29. The maximum Gasteiger partial charge on any atom is 0.347 e. The maximum atomic E-state index is 12.5. The molecule has 1 saturated carbocycles. The second kappa shape index (κ2) is 6.46. The van der Waals surface area contributed by atoms with Crippen molar-refractivity contribution in [3.8, 4) is 0 Å². The molecule has 1 fully saturated rings. The highest BCUT2D eigenvalue weighted by Crippen LogP contribution is 2.29. The number of rotatable bonds is 4. The van der Waals surface area contributed by atoms with Gasteiger partial charge in [0, 0.05) is 6.04 Å². The van der Waals surface area contributed by atoms with Crippen molar-refractivity contribution in [1.82, 2.24) is 4.72 Å². The van der Waals surface area contributed by atoms with E-state index in [1.54, 1.807) is 12.3 Å². The van der Waals surface area contributed by atoms with E-state index in [-0.39, 0.29) is 15.8 Å². The van der Waals surface area contributed by atoms with Crippen LogP contribution in [0.15, 0.2) is 10.3 Å². The molecule has 0 spiro atoms. The minimum absolute atomic E-state index is 0.0719. The molecule has 2 atom stereocenters. The Morgan fingerprint density at radius 1 is 1.33 bits per heavy atom. The highest BCUT2D eigenvalue weighted by molar-refractivity contribution is 7.89. The summed E-state index contributed by atoms with van der Waals surface area (Å²) in [4.78, 5) is 11.0. The number of carboxylic acid groups (broad SMARTS) is 1. The molecular weight excluding hydrogens is 310 g/mol. The molecule has 0 saturated heterocycles. The van der Waals surface area contributed by atoms with E-state index < -0.39 is 16.0 Å². The first kappa shape index (κ1) is 16.5. The number of hydrogen-bond donors (Lipinski definition) is 2. The van der Waals surface area contributed by atoms with Crippen LogP contribution in [0.2, 0.25) is 0 Å². The lowest BCUT2D eigenvalue weighted by atomic mass is 10.0. The summed E-state index contributed by atoms with van der Waals surface area (Å²) in [5, 5.41) is 10.7. The van der Waals surface area contributed by atoms with Crippen LogP contribution in [0.4, 0.5) is 0 Å². The van der Waals surface area contributed by atoms with Crippen molar-refractivity contribution in [2.45, 2.75) is 56.9 Å². The Morgan fingerprint density at radius 2 is 2.05 bits per heavy atom. The van der Waals surface area contributed by atoms with Gasteiger partial charge in [-0.2, -0.15) is 0 Å². The monoisotopic (exact) mass is 331 g/mol. The first-order valence-corrected chi connectivity index (χ1v) is 9.51. The fourth-order valence-electron chi connectivity index (χ4n) is 2.80. The number of thiophene rings is 1. The summed E-state index contributed by atoms with van der Waals surface area (Å²) in [6.45, 7) is 3.81. The van der Waals surface area contributed by atoms with Crippen molar-refractivity contribution in [2.24, 2.45) is 5.92 Å². The zero-order chi connectivity index (χ0) is 15.6. The van der Waals surface area contributed by atoms with Crippen molar-refractivity contribution in [3.05, 3.63) is 15.8 Å². The Balaban J connectivity index is 2.22. The van der Waals surface area contributed by atoms with E-state index in [2.05, 4.69) is 11.6 Å². The van der Waals surface area contributed by atoms with Gasteiger partial charge in [0.2, 0.25) is 10.0 Å². The van der Waals surface area contributed by atoms with Gasteiger partial charge in [-0.15, -0.1) is 11.3 Å². The third kappa shape index (κ3) is 3.84. The van der Waals surface area contributed by atoms with Crippen molar-refractivity contribution < 1.29 is 18.3 Å². The lowest BCUT2D eigenvalue weighted by Crippen LogP contribution is -2.35. The van der Waals surface area contributed by atoms with Gasteiger partial charge in [0.05, 0.1) is 0 Å². The van der Waals surface area contributed by atoms with Gasteiger partial charge in [-0.3, -0.25) is 0 Å². The number of carboxylic acids is 1. The molecule has 1 aliphatic carbocycles. The smallest absolute Gasteiger partial charge is 0.347 e. The molecule has 2 N–H and O–H groups in total. The fraction of sp³-hybridized carbons (Fsp3) is 0.643. The second-order valence-corrected chi connectivity index (χ2v) is 8.34. The van der Waals surface area contributed by atoms with Crippen LogP contribution in [0.25, 0.3) is 0 Å². The number of carbonyl (C=O) groups is 1. The summed E-state index contributed by atoms with van der Waals surface area (Å²) in [5.41, 5.74) is 0.492. The van der Waals surface area contributed by atoms with E-state index in [9.17, 15) is 13.2 Å². The average molecular weight is 331 g/mol. The molecule has 1 heterocycles. The SMILES string of the molecule is Cc1csc(C(=O)O)c1S(=O)(=O)NC1CCCC(C)CC1. The average Bonchev–Trinajstić information content (AvgIpc) is 2.67. The first-order chi connectivity index (χ1) is 9.81. The Hall–Kier alpha value is -0.920. The van der Waals surface area contributed by atoms with Crippen LogP contribution in [-0.4, -0.2) is 25.5 Å². The van der Waals surface area contributed by atoms with Crippen LogP contribution in [0.3, 0.4) is 0 Å². The molecule has 0 amide bonds. The maximum absolute atomic E-state index is 12.5. The summed E-state index contributed by atoms with van der Waals surface area (Å²) in [6.07, 6.45) is 4.75. The molecule has 5 nitrogen and oxygen atoms in total. The molecule has 0 aromatic carbocycles. The standard InChI is InChI=1S/C14H21NO4S2/c1-9-4-3-5-11(7-6-9)15-21(18,19)13-10(2)8-20-12(13)14(16)17/h8-9,11,15H,3-7H2,1-2H3,(H,16,17). The molecule has 1 aliphatic rings. The number of sulfonamides is 1. The van der Waals surface area contributed by atoms with Crippen molar-refractivity contribution in [1.29, 1.82) is 0 Å². The van der Waals surface area contributed by atoms with Gasteiger partial charge in [0.1, 0.15) is 9.77 Å². The molecular formula is C14H21NO4S2. The summed E-state index contributed by atoms with van der Waals surface area (Å²) >= 11 is 0.959. The molecule has 0 radical (unpaired) electrons. The number of hydrogen-bond acceptors (Lipinski definition) is 4. The third-order valence-corrected chi connectivity index (χ3v) is 6.88. The normalized spacial score (nSPS) is 23.7. The fourth-order valence-corrected chi connectivity index (χ4v) is 5.73. The molecule has 21 heavy (non-hydrogen) atoms. The Labute approximate surface area is 129 Å². The van der Waals surface area contributed by atoms with Crippen molar-refractivity contribution in [3.63, 3.8) is 0 Å². The van der Waals surface area contributed by atoms with Crippen LogP contribution in [-0.2, 0) is 10.0 Å². The summed E-state index contributed by atoms with van der Waals surface area (Å²) in [7, 11) is -3.78. The summed E-state index contributed by atoms with van der Waals surface area (Å²) in [6, 6.07) is -0.0964. The zero-order valence-corrected chi connectivity index (χ0v) is 13.9. The van der Waals surface area contributed by atoms with Gasteiger partial charge in [-0.05, 0) is 43.0 Å². The Morgan fingerprint density at radius 3 is 2.71 bits per heavy atom. The predicted molar refractivity (Wildman–Crippen MR) is 82.4 cm³/mol. The van der Waals surface area contributed by atoms with Crippen LogP contribution in [0.1, 0.15) is 54.3 Å². The molecule has 118 valence electrons. The zero-order valence-electron chi connectivity index (χ0n) is 12.3. The Bertz CT molecular complexity index is 621. The topological polar surface area (TPSA) is 83.5 Å².